The van der Waals surface area contributed by atoms with Crippen LogP contribution in [-0.2, 0) is 17.6 Å². The third-order valence-electron chi connectivity index (χ3n) is 3.83. The van der Waals surface area contributed by atoms with Gasteiger partial charge in [0.25, 0.3) is 0 Å². The van der Waals surface area contributed by atoms with Crippen molar-refractivity contribution in [2.24, 2.45) is 0 Å². The molecule has 1 aliphatic rings. The van der Waals surface area contributed by atoms with Gasteiger partial charge in [0, 0.05) is 17.5 Å². The van der Waals surface area contributed by atoms with Crippen LogP contribution in [0.2, 0.25) is 0 Å². The van der Waals surface area contributed by atoms with Gasteiger partial charge < -0.3 is 10.1 Å². The molecule has 1 fully saturated rings. The minimum absolute atomic E-state index is 0.353. The number of nitrogens with one attached hydrogen (secondary N) is 1. The fraction of sp³-hybridized carbons (Fsp3) is 0.647. The maximum absolute atomic E-state index is 5.97. The van der Waals surface area contributed by atoms with Gasteiger partial charge in [-0.05, 0) is 36.9 Å². The molecule has 2 unspecified atom stereocenters. The molecule has 2 rings (SSSR count). The predicted octanol–water partition coefficient (Wildman–Crippen LogP) is 3.29. The van der Waals surface area contributed by atoms with Gasteiger partial charge >= 0.3 is 0 Å². The Hall–Kier alpha value is -0.510. The summed E-state index contributed by atoms with van der Waals surface area (Å²) in [6.07, 6.45) is 3.70. The van der Waals surface area contributed by atoms with E-state index in [1.165, 1.54) is 17.5 Å². The Labute approximate surface area is 127 Å². The zero-order valence-electron chi connectivity index (χ0n) is 12.7. The highest BCUT2D eigenvalue weighted by atomic mass is 32.2. The number of thioether (sulfide) groups is 1. The number of benzene rings is 1. The Balaban J connectivity index is 1.97. The van der Waals surface area contributed by atoms with E-state index in [1.807, 2.05) is 11.8 Å². The van der Waals surface area contributed by atoms with E-state index >= 15 is 0 Å². The predicted molar refractivity (Wildman–Crippen MR) is 88.7 cm³/mol. The summed E-state index contributed by atoms with van der Waals surface area (Å²) < 4.78 is 5.97. The summed E-state index contributed by atoms with van der Waals surface area (Å²) in [7, 11) is 0. The van der Waals surface area contributed by atoms with Crippen LogP contribution in [0.15, 0.2) is 24.3 Å². The van der Waals surface area contributed by atoms with E-state index in [4.69, 9.17) is 4.74 Å². The molecule has 1 N–H and O–H groups in total. The molecule has 0 saturated carbocycles. The van der Waals surface area contributed by atoms with E-state index in [2.05, 4.69) is 43.4 Å². The van der Waals surface area contributed by atoms with Gasteiger partial charge in [0.15, 0.2) is 0 Å². The molecule has 0 bridgehead atoms. The summed E-state index contributed by atoms with van der Waals surface area (Å²) in [5.41, 5.74) is 2.83. The molecule has 1 aliphatic heterocycles. The Bertz CT molecular complexity index is 373. The van der Waals surface area contributed by atoms with E-state index in [1.54, 1.807) is 0 Å². The Morgan fingerprint density at radius 2 is 2.00 bits per heavy atom. The van der Waals surface area contributed by atoms with Gasteiger partial charge in [-0.1, -0.05) is 38.1 Å². The van der Waals surface area contributed by atoms with E-state index in [0.717, 1.165) is 37.5 Å². The largest absolute Gasteiger partial charge is 0.375 e. The van der Waals surface area contributed by atoms with Crippen molar-refractivity contribution in [1.82, 2.24) is 5.32 Å². The summed E-state index contributed by atoms with van der Waals surface area (Å²) >= 11 is 2.02. The van der Waals surface area contributed by atoms with E-state index < -0.39 is 0 Å². The SMILES string of the molecule is CCCNC(Cc1ccc(CC)cc1)C1CSCCO1. The summed E-state index contributed by atoms with van der Waals surface area (Å²) in [6.45, 7) is 6.39. The fourth-order valence-corrected chi connectivity index (χ4v) is 3.51. The molecule has 1 saturated heterocycles. The third kappa shape index (κ3) is 4.80. The molecule has 0 spiro atoms. The van der Waals surface area contributed by atoms with E-state index in [0.29, 0.717) is 12.1 Å². The average molecular weight is 293 g/mol. The number of hydrogen-bond donors (Lipinski definition) is 1. The maximum Gasteiger partial charge on any atom is 0.0821 e. The molecule has 1 aromatic rings. The van der Waals surface area contributed by atoms with Crippen LogP contribution in [-0.4, -0.2) is 36.8 Å². The van der Waals surface area contributed by atoms with Gasteiger partial charge in [-0.2, -0.15) is 11.8 Å². The lowest BCUT2D eigenvalue weighted by Crippen LogP contribution is -2.46. The van der Waals surface area contributed by atoms with Crippen molar-refractivity contribution in [2.45, 2.75) is 45.3 Å². The second-order valence-electron chi connectivity index (χ2n) is 5.42. The van der Waals surface area contributed by atoms with Crippen LogP contribution < -0.4 is 5.32 Å². The third-order valence-corrected chi connectivity index (χ3v) is 4.85. The lowest BCUT2D eigenvalue weighted by Gasteiger charge is -2.31. The van der Waals surface area contributed by atoms with Crippen molar-refractivity contribution >= 4 is 11.8 Å². The molecular weight excluding hydrogens is 266 g/mol. The fourth-order valence-electron chi connectivity index (χ4n) is 2.57. The summed E-state index contributed by atoms with van der Waals surface area (Å²) in [4.78, 5) is 0. The highest BCUT2D eigenvalue weighted by Crippen LogP contribution is 2.18. The van der Waals surface area contributed by atoms with Gasteiger partial charge in [0.2, 0.25) is 0 Å². The first-order valence-electron chi connectivity index (χ1n) is 7.84. The minimum Gasteiger partial charge on any atom is -0.375 e. The van der Waals surface area contributed by atoms with Gasteiger partial charge in [0.05, 0.1) is 12.7 Å². The van der Waals surface area contributed by atoms with Gasteiger partial charge in [-0.25, -0.2) is 0 Å². The zero-order valence-corrected chi connectivity index (χ0v) is 13.5. The highest BCUT2D eigenvalue weighted by molar-refractivity contribution is 7.99. The standard InChI is InChI=1S/C17H27NOS/c1-3-9-18-16(17-13-20-11-10-19-17)12-15-7-5-14(4-2)6-8-15/h5-8,16-18H,3-4,9-13H2,1-2H3. The number of rotatable bonds is 7. The molecular formula is C17H27NOS. The number of aryl methyl sites for hydroxylation is 1. The lowest BCUT2D eigenvalue weighted by atomic mass is 10.00. The highest BCUT2D eigenvalue weighted by Gasteiger charge is 2.24. The monoisotopic (exact) mass is 293 g/mol. The van der Waals surface area contributed by atoms with Crippen LogP contribution in [0.4, 0.5) is 0 Å². The first-order chi connectivity index (χ1) is 9.83. The Kier molecular flexibility index (Phi) is 6.91. The molecule has 0 radical (unpaired) electrons. The van der Waals surface area contributed by atoms with Crippen molar-refractivity contribution in [3.8, 4) is 0 Å². The molecule has 0 aromatic heterocycles. The van der Waals surface area contributed by atoms with E-state index in [-0.39, 0.29) is 0 Å². The topological polar surface area (TPSA) is 21.3 Å². The quantitative estimate of drug-likeness (QED) is 0.833. The van der Waals surface area contributed by atoms with Gasteiger partial charge in [-0.15, -0.1) is 0 Å². The van der Waals surface area contributed by atoms with Crippen LogP contribution in [0.1, 0.15) is 31.4 Å². The smallest absolute Gasteiger partial charge is 0.0821 e. The zero-order chi connectivity index (χ0) is 14.2. The van der Waals surface area contributed by atoms with Crippen molar-refractivity contribution in [2.75, 3.05) is 24.7 Å². The second-order valence-corrected chi connectivity index (χ2v) is 6.57. The van der Waals surface area contributed by atoms with Crippen molar-refractivity contribution in [1.29, 1.82) is 0 Å². The van der Waals surface area contributed by atoms with Crippen LogP contribution in [0.5, 0.6) is 0 Å². The van der Waals surface area contributed by atoms with Crippen molar-refractivity contribution in [3.63, 3.8) is 0 Å². The first-order valence-corrected chi connectivity index (χ1v) is 8.99. The summed E-state index contributed by atoms with van der Waals surface area (Å²) in [5.74, 6) is 2.26. The molecule has 2 nitrogen and oxygen atoms in total. The average Bonchev–Trinajstić information content (AvgIpc) is 2.53. The molecule has 112 valence electrons. The number of hydrogen-bond acceptors (Lipinski definition) is 3. The minimum atomic E-state index is 0.353. The van der Waals surface area contributed by atoms with Gasteiger partial charge in [-0.3, -0.25) is 0 Å². The molecule has 0 aliphatic carbocycles. The maximum atomic E-state index is 5.97. The summed E-state index contributed by atoms with van der Waals surface area (Å²) in [6, 6.07) is 9.49. The van der Waals surface area contributed by atoms with Crippen LogP contribution >= 0.6 is 11.8 Å². The Morgan fingerprint density at radius 3 is 2.60 bits per heavy atom. The molecule has 20 heavy (non-hydrogen) atoms. The normalized spacial score (nSPS) is 20.8. The van der Waals surface area contributed by atoms with Crippen molar-refractivity contribution in [3.05, 3.63) is 35.4 Å². The van der Waals surface area contributed by atoms with Crippen LogP contribution in [0.25, 0.3) is 0 Å². The van der Waals surface area contributed by atoms with Gasteiger partial charge in [0.1, 0.15) is 0 Å². The van der Waals surface area contributed by atoms with Crippen LogP contribution in [0.3, 0.4) is 0 Å². The molecule has 1 heterocycles. The Morgan fingerprint density at radius 1 is 1.25 bits per heavy atom. The van der Waals surface area contributed by atoms with E-state index in [9.17, 15) is 0 Å². The molecule has 3 heteroatoms. The number of ether oxygens (including phenoxy) is 1. The first kappa shape index (κ1) is 15.9. The molecule has 0 amide bonds. The molecule has 1 aromatic carbocycles. The second kappa shape index (κ2) is 8.71. The molecule has 2 atom stereocenters. The lowest BCUT2D eigenvalue weighted by molar-refractivity contribution is 0.0472. The summed E-state index contributed by atoms with van der Waals surface area (Å²) in [5, 5.41) is 3.68. The van der Waals surface area contributed by atoms with Crippen molar-refractivity contribution < 1.29 is 4.74 Å². The van der Waals surface area contributed by atoms with Crippen LogP contribution in [0, 0.1) is 0 Å².